The number of carbonyl (C=O) groups is 2. The zero-order valence-corrected chi connectivity index (χ0v) is 16.8. The first-order chi connectivity index (χ1) is 14.0. The fourth-order valence-electron chi connectivity index (χ4n) is 3.37. The minimum atomic E-state index is -0.407. The van der Waals surface area contributed by atoms with Gasteiger partial charge in [-0.2, -0.15) is 0 Å². The van der Waals surface area contributed by atoms with Crippen LogP contribution in [0.4, 0.5) is 4.39 Å². The van der Waals surface area contributed by atoms with Gasteiger partial charge in [-0.3, -0.25) is 14.5 Å². The van der Waals surface area contributed by atoms with Gasteiger partial charge in [-0.05, 0) is 67.2 Å². The van der Waals surface area contributed by atoms with Gasteiger partial charge in [-0.15, -0.1) is 0 Å². The van der Waals surface area contributed by atoms with Crippen LogP contribution in [0.3, 0.4) is 0 Å². The summed E-state index contributed by atoms with van der Waals surface area (Å²) in [5.74, 6) is -0.253. The Hall–Kier alpha value is -2.73. The number of halogens is 1. The van der Waals surface area contributed by atoms with E-state index in [0.29, 0.717) is 12.1 Å². The summed E-state index contributed by atoms with van der Waals surface area (Å²) in [5, 5.41) is 5.33. The predicted octanol–water partition coefficient (Wildman–Crippen LogP) is 3.10. The highest BCUT2D eigenvalue weighted by atomic mass is 19.1. The lowest BCUT2D eigenvalue weighted by Crippen LogP contribution is -2.36. The molecular formula is C23H28FN3O2. The highest BCUT2D eigenvalue weighted by molar-refractivity contribution is 5.96. The Morgan fingerprint density at radius 3 is 2.24 bits per heavy atom. The molecule has 3 rings (SSSR count). The summed E-state index contributed by atoms with van der Waals surface area (Å²) in [5.41, 5.74) is 2.61. The third kappa shape index (κ3) is 6.68. The molecule has 2 aromatic rings. The molecule has 0 aromatic heterocycles. The molecule has 2 amide bonds. The molecular weight excluding hydrogens is 369 g/mol. The summed E-state index contributed by atoms with van der Waals surface area (Å²) in [6, 6.07) is 13.5. The lowest BCUT2D eigenvalue weighted by molar-refractivity contribution is -0.120. The molecule has 0 aliphatic carbocycles. The molecule has 0 spiro atoms. The van der Waals surface area contributed by atoms with Gasteiger partial charge in [-0.25, -0.2) is 4.39 Å². The fraction of sp³-hybridized carbons (Fsp3) is 0.391. The van der Waals surface area contributed by atoms with E-state index >= 15 is 0 Å². The third-order valence-corrected chi connectivity index (χ3v) is 5.31. The average Bonchev–Trinajstić information content (AvgIpc) is 2.73. The molecule has 0 bridgehead atoms. The van der Waals surface area contributed by atoms with Crippen LogP contribution in [0.15, 0.2) is 48.5 Å². The van der Waals surface area contributed by atoms with E-state index in [1.807, 2.05) is 12.1 Å². The minimum Gasteiger partial charge on any atom is -0.350 e. The molecule has 1 saturated heterocycles. The van der Waals surface area contributed by atoms with Crippen molar-refractivity contribution in [3.05, 3.63) is 71.0 Å². The fourth-order valence-corrected chi connectivity index (χ4v) is 3.37. The van der Waals surface area contributed by atoms with Crippen molar-refractivity contribution in [2.45, 2.75) is 32.9 Å². The molecule has 1 aliphatic heterocycles. The van der Waals surface area contributed by atoms with Gasteiger partial charge in [0.15, 0.2) is 0 Å². The van der Waals surface area contributed by atoms with Crippen LogP contribution in [0.25, 0.3) is 0 Å². The van der Waals surface area contributed by atoms with Crippen molar-refractivity contribution in [1.29, 1.82) is 0 Å². The lowest BCUT2D eigenvalue weighted by Gasteiger charge is -2.30. The maximum absolute atomic E-state index is 12.9. The molecule has 5 nitrogen and oxygen atoms in total. The number of rotatable bonds is 7. The van der Waals surface area contributed by atoms with Crippen molar-refractivity contribution in [2.24, 2.45) is 5.92 Å². The van der Waals surface area contributed by atoms with Crippen LogP contribution < -0.4 is 10.6 Å². The Labute approximate surface area is 171 Å². The molecule has 6 heteroatoms. The van der Waals surface area contributed by atoms with Crippen LogP contribution in [0.1, 0.15) is 41.3 Å². The second-order valence-corrected chi connectivity index (χ2v) is 7.74. The standard InChI is InChI=1S/C23H28FN3O2/c1-17-10-12-27(13-11-17)16-19-4-2-18(3-5-19)14-25-22(28)15-26-23(29)20-6-8-21(24)9-7-20/h2-9,17H,10-16H2,1H3,(H,25,28)(H,26,29). The summed E-state index contributed by atoms with van der Waals surface area (Å²) >= 11 is 0. The van der Waals surface area contributed by atoms with E-state index in [-0.39, 0.29) is 12.5 Å². The average molecular weight is 397 g/mol. The molecule has 154 valence electrons. The summed E-state index contributed by atoms with van der Waals surface area (Å²) in [6.07, 6.45) is 2.53. The molecule has 0 unspecified atom stereocenters. The van der Waals surface area contributed by atoms with Gasteiger partial charge in [-0.1, -0.05) is 31.2 Å². The Bertz CT molecular complexity index is 813. The molecule has 1 aliphatic rings. The van der Waals surface area contributed by atoms with Gasteiger partial charge in [0.05, 0.1) is 6.54 Å². The van der Waals surface area contributed by atoms with Gasteiger partial charge < -0.3 is 10.6 Å². The number of piperidine rings is 1. The third-order valence-electron chi connectivity index (χ3n) is 5.31. The van der Waals surface area contributed by atoms with E-state index in [1.165, 1.54) is 42.7 Å². The van der Waals surface area contributed by atoms with E-state index in [2.05, 4.69) is 34.6 Å². The van der Waals surface area contributed by atoms with Crippen LogP contribution in [-0.2, 0) is 17.9 Å². The smallest absolute Gasteiger partial charge is 0.251 e. The number of likely N-dealkylation sites (tertiary alicyclic amines) is 1. The van der Waals surface area contributed by atoms with E-state index in [9.17, 15) is 14.0 Å². The maximum atomic E-state index is 12.9. The molecule has 1 fully saturated rings. The number of hydrogen-bond donors (Lipinski definition) is 2. The van der Waals surface area contributed by atoms with Gasteiger partial charge in [0, 0.05) is 18.7 Å². The quantitative estimate of drug-likeness (QED) is 0.755. The van der Waals surface area contributed by atoms with Crippen molar-refractivity contribution in [3.63, 3.8) is 0 Å². The summed E-state index contributed by atoms with van der Waals surface area (Å²) in [7, 11) is 0. The Morgan fingerprint density at radius 1 is 0.966 bits per heavy atom. The van der Waals surface area contributed by atoms with Crippen molar-refractivity contribution < 1.29 is 14.0 Å². The number of amides is 2. The van der Waals surface area contributed by atoms with Crippen LogP contribution >= 0.6 is 0 Å². The molecule has 2 N–H and O–H groups in total. The Morgan fingerprint density at radius 2 is 1.59 bits per heavy atom. The molecule has 0 radical (unpaired) electrons. The van der Waals surface area contributed by atoms with E-state index in [4.69, 9.17) is 0 Å². The maximum Gasteiger partial charge on any atom is 0.251 e. The monoisotopic (exact) mass is 397 g/mol. The van der Waals surface area contributed by atoms with Crippen LogP contribution in [0.2, 0.25) is 0 Å². The van der Waals surface area contributed by atoms with Gasteiger partial charge in [0.2, 0.25) is 5.91 Å². The number of hydrogen-bond acceptors (Lipinski definition) is 3. The molecule has 1 heterocycles. The van der Waals surface area contributed by atoms with E-state index in [1.54, 1.807) is 0 Å². The summed E-state index contributed by atoms with van der Waals surface area (Å²) < 4.78 is 12.9. The summed E-state index contributed by atoms with van der Waals surface area (Å²) in [6.45, 7) is 5.88. The highest BCUT2D eigenvalue weighted by Gasteiger charge is 2.15. The van der Waals surface area contributed by atoms with Crippen molar-refractivity contribution in [2.75, 3.05) is 19.6 Å². The second-order valence-electron chi connectivity index (χ2n) is 7.74. The van der Waals surface area contributed by atoms with E-state index in [0.717, 1.165) is 31.1 Å². The van der Waals surface area contributed by atoms with Gasteiger partial charge in [0.1, 0.15) is 5.82 Å². The van der Waals surface area contributed by atoms with Crippen molar-refractivity contribution in [1.82, 2.24) is 15.5 Å². The minimum absolute atomic E-state index is 0.123. The van der Waals surface area contributed by atoms with Crippen LogP contribution in [-0.4, -0.2) is 36.3 Å². The first kappa shape index (κ1) is 21.0. The molecule has 0 atom stereocenters. The molecule has 29 heavy (non-hydrogen) atoms. The van der Waals surface area contributed by atoms with Crippen molar-refractivity contribution in [3.8, 4) is 0 Å². The highest BCUT2D eigenvalue weighted by Crippen LogP contribution is 2.18. The topological polar surface area (TPSA) is 61.4 Å². The number of nitrogens with zero attached hydrogens (tertiary/aromatic N) is 1. The van der Waals surface area contributed by atoms with Gasteiger partial charge >= 0.3 is 0 Å². The Kier molecular flexibility index (Phi) is 7.36. The van der Waals surface area contributed by atoms with Crippen molar-refractivity contribution >= 4 is 11.8 Å². The van der Waals surface area contributed by atoms with Gasteiger partial charge in [0.25, 0.3) is 5.91 Å². The largest absolute Gasteiger partial charge is 0.350 e. The second kappa shape index (κ2) is 10.2. The van der Waals surface area contributed by atoms with Crippen LogP contribution in [0, 0.1) is 11.7 Å². The van der Waals surface area contributed by atoms with Crippen LogP contribution in [0.5, 0.6) is 0 Å². The normalized spacial score (nSPS) is 15.1. The first-order valence-corrected chi connectivity index (χ1v) is 10.1. The zero-order chi connectivity index (χ0) is 20.6. The number of benzene rings is 2. The number of carbonyl (C=O) groups excluding carboxylic acids is 2. The molecule has 2 aromatic carbocycles. The first-order valence-electron chi connectivity index (χ1n) is 10.1. The zero-order valence-electron chi connectivity index (χ0n) is 16.8. The lowest BCUT2D eigenvalue weighted by atomic mass is 9.99. The number of nitrogens with one attached hydrogen (secondary N) is 2. The van der Waals surface area contributed by atoms with E-state index < -0.39 is 11.7 Å². The summed E-state index contributed by atoms with van der Waals surface area (Å²) in [4.78, 5) is 26.4. The SMILES string of the molecule is CC1CCN(Cc2ccc(CNC(=O)CNC(=O)c3ccc(F)cc3)cc2)CC1. The Balaban J connectivity index is 1.38. The molecule has 0 saturated carbocycles. The predicted molar refractivity (Wildman–Crippen MR) is 111 cm³/mol.